The fraction of sp³-hybridized carbons (Fsp3) is 0.190. The smallest absolute Gasteiger partial charge is 0.404 e. The molecule has 2 aromatic heterocycles. The summed E-state index contributed by atoms with van der Waals surface area (Å²) in [5, 5.41) is 21.6. The van der Waals surface area contributed by atoms with Crippen molar-refractivity contribution in [2.75, 3.05) is 33.7 Å². The van der Waals surface area contributed by atoms with Crippen LogP contribution in [0.5, 0.6) is 17.2 Å². The summed E-state index contributed by atoms with van der Waals surface area (Å²) < 4.78 is 83.4. The summed E-state index contributed by atoms with van der Waals surface area (Å²) in [5.41, 5.74) is 13.6. The van der Waals surface area contributed by atoms with Gasteiger partial charge in [-0.3, -0.25) is 5.41 Å². The fourth-order valence-corrected chi connectivity index (χ4v) is 11.1. The van der Waals surface area contributed by atoms with Gasteiger partial charge in [0, 0.05) is 18.7 Å². The minimum Gasteiger partial charge on any atom is -0.497 e. The van der Waals surface area contributed by atoms with Crippen molar-refractivity contribution >= 4 is 53.3 Å². The number of thiazole rings is 1. The largest absolute Gasteiger partial charge is 0.497 e. The average Bonchev–Trinajstić information content (AvgIpc) is 3.94. The topological polar surface area (TPSA) is 258 Å². The standard InChI is InChI=1S/C42H41N9O9S3/c1-57-29-13-7-26(8-14-29)23-50(24-27-9-15-30(58-2)16-10-27)63(55,56)38-35(62(53,54)22-21-60-42(45)52)20-19-32(33-5-4-6-34-37(33)46-41(61-34)39(43)44)36(38)40-47-49-51(48-40)25-28-11-17-31(59-3)18-12-28/h4-20H,21-25H2,1-3H3,(H3,43,44)(H2,45,52). The summed E-state index contributed by atoms with van der Waals surface area (Å²) in [6.07, 6.45) is -1.21. The lowest BCUT2D eigenvalue weighted by atomic mass is 9.98. The molecule has 21 heteroatoms. The van der Waals surface area contributed by atoms with Gasteiger partial charge in [0.15, 0.2) is 20.7 Å². The first-order valence-electron chi connectivity index (χ1n) is 18.9. The number of sulfonamides is 1. The number of para-hydroxylation sites is 1. The number of tetrazole rings is 1. The predicted octanol–water partition coefficient (Wildman–Crippen LogP) is 5.24. The zero-order valence-electron chi connectivity index (χ0n) is 34.1. The van der Waals surface area contributed by atoms with E-state index >= 15 is 8.42 Å². The zero-order chi connectivity index (χ0) is 44.9. The van der Waals surface area contributed by atoms with E-state index in [0.717, 1.165) is 21.2 Å². The summed E-state index contributed by atoms with van der Waals surface area (Å²) in [4.78, 5) is 16.2. The molecule has 0 atom stereocenters. The number of carbonyl (C=O) groups excluding carboxylic acids is 1. The monoisotopic (exact) mass is 911 g/mol. The highest BCUT2D eigenvalue weighted by molar-refractivity contribution is 7.93. The third-order valence-electron chi connectivity index (χ3n) is 9.79. The Bertz CT molecular complexity index is 2960. The quantitative estimate of drug-likeness (QED) is 0.0736. The molecule has 18 nitrogen and oxygen atoms in total. The number of primary amides is 1. The number of methoxy groups -OCH3 is 3. The number of amidine groups is 1. The molecule has 0 spiro atoms. The Balaban J connectivity index is 1.52. The second kappa shape index (κ2) is 18.6. The molecule has 5 N–H and O–H groups in total. The Labute approximate surface area is 366 Å². The first-order valence-corrected chi connectivity index (χ1v) is 22.8. The number of nitrogens with two attached hydrogens (primary N) is 2. The van der Waals surface area contributed by atoms with Gasteiger partial charge in [-0.15, -0.1) is 21.5 Å². The molecule has 0 saturated carbocycles. The molecule has 326 valence electrons. The minimum atomic E-state index is -4.96. The number of sulfone groups is 1. The number of amides is 1. The second-order valence-corrected chi connectivity index (χ2v) is 18.8. The molecule has 1 amide bonds. The van der Waals surface area contributed by atoms with E-state index in [1.807, 2.05) is 0 Å². The van der Waals surface area contributed by atoms with Gasteiger partial charge in [-0.05, 0) is 76.0 Å². The molecule has 2 heterocycles. The van der Waals surface area contributed by atoms with Crippen molar-refractivity contribution in [2.45, 2.75) is 29.4 Å². The van der Waals surface area contributed by atoms with Crippen LogP contribution < -0.4 is 25.7 Å². The third-order valence-corrected chi connectivity index (χ3v) is 14.6. The molecule has 0 aliphatic heterocycles. The third kappa shape index (κ3) is 9.75. The Morgan fingerprint density at radius 2 is 1.33 bits per heavy atom. The Kier molecular flexibility index (Phi) is 13.0. The Morgan fingerprint density at radius 3 is 1.87 bits per heavy atom. The highest BCUT2D eigenvalue weighted by Crippen LogP contribution is 2.44. The molecule has 63 heavy (non-hydrogen) atoms. The molecule has 7 aromatic rings. The number of benzene rings is 5. The lowest BCUT2D eigenvalue weighted by molar-refractivity contribution is 0.163. The predicted molar refractivity (Wildman–Crippen MR) is 235 cm³/mol. The molecular weight excluding hydrogens is 871 g/mol. The van der Waals surface area contributed by atoms with E-state index in [0.29, 0.717) is 44.2 Å². The van der Waals surface area contributed by atoms with Gasteiger partial charge in [-0.2, -0.15) is 9.10 Å². The van der Waals surface area contributed by atoms with Crippen LogP contribution >= 0.6 is 11.3 Å². The lowest BCUT2D eigenvalue weighted by Crippen LogP contribution is -2.32. The molecular formula is C42H41N9O9S3. The number of aromatic nitrogens is 5. The summed E-state index contributed by atoms with van der Waals surface area (Å²) in [6.45, 7) is -1.03. The fourth-order valence-electron chi connectivity index (χ4n) is 6.68. The van der Waals surface area contributed by atoms with E-state index < -0.39 is 48.1 Å². The summed E-state index contributed by atoms with van der Waals surface area (Å²) in [5.74, 6) is 0.380. The SMILES string of the molecule is COc1ccc(CN(Cc2ccc(OC)cc2)S(=O)(=O)c2c(S(=O)(=O)CCOC(N)=O)ccc(-c3cccc4sc(C(=N)N)nc34)c2-c2nnn(Cc3ccc(OC)cc3)n2)cc1. The number of nitrogens with one attached hydrogen (secondary N) is 1. The van der Waals surface area contributed by atoms with Crippen molar-refractivity contribution in [2.24, 2.45) is 11.5 Å². The molecule has 5 aromatic carbocycles. The van der Waals surface area contributed by atoms with Gasteiger partial charge in [0.1, 0.15) is 28.8 Å². The van der Waals surface area contributed by atoms with Crippen LogP contribution in [0, 0.1) is 5.41 Å². The highest BCUT2D eigenvalue weighted by atomic mass is 32.2. The number of fused-ring (bicyclic) bond motifs is 1. The molecule has 0 unspecified atom stereocenters. The number of nitrogen functional groups attached to an aromatic ring is 1. The zero-order valence-corrected chi connectivity index (χ0v) is 36.5. The first-order chi connectivity index (χ1) is 30.2. The van der Waals surface area contributed by atoms with Gasteiger partial charge < -0.3 is 30.4 Å². The molecule has 7 rings (SSSR count). The number of rotatable bonds is 18. The second-order valence-electron chi connectivity index (χ2n) is 13.8. The van der Waals surface area contributed by atoms with E-state index in [9.17, 15) is 13.2 Å². The van der Waals surface area contributed by atoms with Gasteiger partial charge in [0.2, 0.25) is 15.8 Å². The lowest BCUT2D eigenvalue weighted by Gasteiger charge is -2.26. The van der Waals surface area contributed by atoms with E-state index in [1.54, 1.807) is 98.1 Å². The van der Waals surface area contributed by atoms with Crippen LogP contribution in [0.1, 0.15) is 21.7 Å². The molecule has 0 fully saturated rings. The molecule has 0 aliphatic carbocycles. The van der Waals surface area contributed by atoms with Gasteiger partial charge in [-0.1, -0.05) is 54.6 Å². The Morgan fingerprint density at radius 1 is 0.762 bits per heavy atom. The van der Waals surface area contributed by atoms with Gasteiger partial charge >= 0.3 is 6.09 Å². The van der Waals surface area contributed by atoms with Crippen LogP contribution in [0.3, 0.4) is 0 Å². The number of carbonyl (C=O) groups is 1. The highest BCUT2D eigenvalue weighted by Gasteiger charge is 2.38. The van der Waals surface area contributed by atoms with Crippen molar-refractivity contribution < 1.29 is 40.6 Å². The van der Waals surface area contributed by atoms with Gasteiger partial charge in [0.05, 0.1) is 54.3 Å². The number of hydrogen-bond acceptors (Lipinski definition) is 15. The maximum absolute atomic E-state index is 15.9. The normalized spacial score (nSPS) is 11.7. The van der Waals surface area contributed by atoms with Crippen LogP contribution in [0.2, 0.25) is 0 Å². The Hall–Kier alpha value is -6.94. The summed E-state index contributed by atoms with van der Waals surface area (Å²) in [6, 6.07) is 28.5. The average molecular weight is 912 g/mol. The van der Waals surface area contributed by atoms with E-state index in [2.05, 4.69) is 20.4 Å². The maximum atomic E-state index is 15.9. The van der Waals surface area contributed by atoms with Crippen LogP contribution in [0.25, 0.3) is 32.7 Å². The first kappa shape index (κ1) is 44.1. The van der Waals surface area contributed by atoms with Gasteiger partial charge in [0.25, 0.3) is 0 Å². The van der Waals surface area contributed by atoms with Crippen molar-refractivity contribution in [1.29, 1.82) is 5.41 Å². The maximum Gasteiger partial charge on any atom is 0.404 e. The van der Waals surface area contributed by atoms with Crippen molar-refractivity contribution in [3.8, 4) is 39.8 Å². The van der Waals surface area contributed by atoms with Crippen LogP contribution in [0.15, 0.2) is 113 Å². The van der Waals surface area contributed by atoms with Gasteiger partial charge in [-0.25, -0.2) is 26.6 Å². The molecule has 0 radical (unpaired) electrons. The molecule has 0 saturated heterocycles. The van der Waals surface area contributed by atoms with Crippen molar-refractivity contribution in [3.63, 3.8) is 0 Å². The summed E-state index contributed by atoms with van der Waals surface area (Å²) in [7, 11) is -5.01. The van der Waals surface area contributed by atoms with E-state index in [-0.39, 0.29) is 47.4 Å². The molecule has 0 bridgehead atoms. The number of hydrogen-bond donors (Lipinski definition) is 3. The van der Waals surface area contributed by atoms with E-state index in [1.165, 1.54) is 31.1 Å². The van der Waals surface area contributed by atoms with Crippen LogP contribution in [-0.4, -0.2) is 92.0 Å². The number of ether oxygens (including phenoxy) is 4. The van der Waals surface area contributed by atoms with E-state index in [4.69, 9.17) is 35.8 Å². The van der Waals surface area contributed by atoms with Crippen LogP contribution in [0.4, 0.5) is 4.79 Å². The van der Waals surface area contributed by atoms with Crippen molar-refractivity contribution in [3.05, 3.63) is 125 Å². The minimum absolute atomic E-state index is 0.0988. The summed E-state index contributed by atoms with van der Waals surface area (Å²) >= 11 is 1.16. The van der Waals surface area contributed by atoms with Crippen molar-refractivity contribution in [1.82, 2.24) is 29.5 Å². The van der Waals surface area contributed by atoms with Crippen LogP contribution in [-0.2, 0) is 44.2 Å². The number of nitrogens with zero attached hydrogens (tertiary/aromatic N) is 6. The molecule has 0 aliphatic rings.